The van der Waals surface area contributed by atoms with Gasteiger partial charge in [0.2, 0.25) is 5.91 Å². The van der Waals surface area contributed by atoms with Gasteiger partial charge in [0.25, 0.3) is 5.69 Å². The van der Waals surface area contributed by atoms with Gasteiger partial charge in [-0.05, 0) is 0 Å². The largest absolute Gasteiger partial charge is 0.334 e. The van der Waals surface area contributed by atoms with E-state index in [0.29, 0.717) is 5.56 Å². The van der Waals surface area contributed by atoms with Crippen LogP contribution in [0.5, 0.6) is 0 Å². The monoisotopic (exact) mass is 232 g/mol. The number of carbonyl (C=O) groups is 1. The van der Waals surface area contributed by atoms with E-state index >= 15 is 0 Å². The quantitative estimate of drug-likeness (QED) is 0.445. The summed E-state index contributed by atoms with van der Waals surface area (Å²) in [7, 11) is 1.57. The fourth-order valence-corrected chi connectivity index (χ4v) is 1.36. The van der Waals surface area contributed by atoms with E-state index in [1.54, 1.807) is 25.2 Å². The molecule has 5 heteroatoms. The van der Waals surface area contributed by atoms with Crippen LogP contribution < -0.4 is 0 Å². The Kier molecular flexibility index (Phi) is 4.23. The number of terminal acetylenes is 1. The Morgan fingerprint density at radius 2 is 2.18 bits per heavy atom. The number of amides is 1. The average Bonchev–Trinajstić information content (AvgIpc) is 2.29. The molecule has 5 nitrogen and oxygen atoms in total. The molecule has 0 bridgehead atoms. The third-order valence-electron chi connectivity index (χ3n) is 2.28. The van der Waals surface area contributed by atoms with Crippen LogP contribution in [0.1, 0.15) is 5.56 Å². The lowest BCUT2D eigenvalue weighted by Crippen LogP contribution is -2.28. The number of carbonyl (C=O) groups excluding carboxylic acids is 1. The van der Waals surface area contributed by atoms with Crippen molar-refractivity contribution in [2.75, 3.05) is 13.6 Å². The van der Waals surface area contributed by atoms with Gasteiger partial charge in [-0.1, -0.05) is 24.1 Å². The summed E-state index contributed by atoms with van der Waals surface area (Å²) in [5.41, 5.74) is 0.348. The zero-order valence-corrected chi connectivity index (χ0v) is 9.42. The van der Waals surface area contributed by atoms with Crippen molar-refractivity contribution in [3.8, 4) is 12.3 Å². The maximum absolute atomic E-state index is 11.7. The van der Waals surface area contributed by atoms with E-state index in [4.69, 9.17) is 6.42 Å². The normalized spacial score (nSPS) is 9.41. The molecule has 1 aromatic carbocycles. The molecule has 0 saturated carbocycles. The summed E-state index contributed by atoms with van der Waals surface area (Å²) in [5.74, 6) is 2.10. The Bertz CT molecular complexity index is 477. The number of nitro groups is 1. The minimum Gasteiger partial charge on any atom is -0.334 e. The molecule has 1 amide bonds. The predicted octanol–water partition coefficient (Wildman–Crippen LogP) is 1.23. The molecule has 0 aliphatic rings. The van der Waals surface area contributed by atoms with Crippen molar-refractivity contribution < 1.29 is 9.72 Å². The fraction of sp³-hybridized carbons (Fsp3) is 0.250. The number of para-hydroxylation sites is 1. The first-order valence-electron chi connectivity index (χ1n) is 4.96. The standard InChI is InChI=1S/C12H12N2O3/c1-3-8-13(2)12(15)9-10-6-4-5-7-11(10)14(16)17/h1,4-7H,8-9H2,2H3. The van der Waals surface area contributed by atoms with Gasteiger partial charge in [-0.3, -0.25) is 14.9 Å². The highest BCUT2D eigenvalue weighted by molar-refractivity contribution is 5.79. The highest BCUT2D eigenvalue weighted by Crippen LogP contribution is 2.18. The van der Waals surface area contributed by atoms with E-state index in [1.165, 1.54) is 11.0 Å². The molecular weight excluding hydrogens is 220 g/mol. The fourth-order valence-electron chi connectivity index (χ4n) is 1.36. The molecule has 0 atom stereocenters. The van der Waals surface area contributed by atoms with Crippen LogP contribution in [-0.4, -0.2) is 29.3 Å². The van der Waals surface area contributed by atoms with E-state index in [2.05, 4.69) is 5.92 Å². The summed E-state index contributed by atoms with van der Waals surface area (Å²) >= 11 is 0. The lowest BCUT2D eigenvalue weighted by Gasteiger charge is -2.13. The lowest BCUT2D eigenvalue weighted by atomic mass is 10.1. The van der Waals surface area contributed by atoms with Gasteiger partial charge in [-0.15, -0.1) is 6.42 Å². The van der Waals surface area contributed by atoms with Crippen LogP contribution in [0.3, 0.4) is 0 Å². The van der Waals surface area contributed by atoms with Crippen molar-refractivity contribution in [2.24, 2.45) is 0 Å². The van der Waals surface area contributed by atoms with Gasteiger partial charge >= 0.3 is 0 Å². The van der Waals surface area contributed by atoms with Gasteiger partial charge in [0, 0.05) is 18.7 Å². The molecule has 0 aliphatic carbocycles. The summed E-state index contributed by atoms with van der Waals surface area (Å²) in [6, 6.07) is 6.18. The van der Waals surface area contributed by atoms with Crippen LogP contribution in [-0.2, 0) is 11.2 Å². The number of hydrogen-bond donors (Lipinski definition) is 0. The maximum Gasteiger partial charge on any atom is 0.273 e. The Morgan fingerprint density at radius 3 is 2.76 bits per heavy atom. The number of rotatable bonds is 4. The molecule has 0 heterocycles. The summed E-state index contributed by atoms with van der Waals surface area (Å²) in [6.07, 6.45) is 5.07. The smallest absolute Gasteiger partial charge is 0.273 e. The number of hydrogen-bond acceptors (Lipinski definition) is 3. The molecule has 0 radical (unpaired) electrons. The van der Waals surface area contributed by atoms with Gasteiger partial charge in [-0.25, -0.2) is 0 Å². The number of nitrogens with zero attached hydrogens (tertiary/aromatic N) is 2. The summed E-state index contributed by atoms with van der Waals surface area (Å²) in [4.78, 5) is 23.3. The molecule has 0 N–H and O–H groups in total. The van der Waals surface area contributed by atoms with Gasteiger partial charge in [0.1, 0.15) is 0 Å². The highest BCUT2D eigenvalue weighted by atomic mass is 16.6. The van der Waals surface area contributed by atoms with Crippen LogP contribution in [0, 0.1) is 22.5 Å². The Labute approximate surface area is 99.2 Å². The molecule has 0 unspecified atom stereocenters. The third-order valence-corrected chi connectivity index (χ3v) is 2.28. The van der Waals surface area contributed by atoms with E-state index < -0.39 is 4.92 Å². The second kappa shape index (κ2) is 5.66. The Balaban J connectivity index is 2.85. The Morgan fingerprint density at radius 1 is 1.53 bits per heavy atom. The van der Waals surface area contributed by atoms with E-state index in [9.17, 15) is 14.9 Å². The van der Waals surface area contributed by atoms with E-state index in [1.807, 2.05) is 0 Å². The van der Waals surface area contributed by atoms with Crippen molar-refractivity contribution >= 4 is 11.6 Å². The molecule has 0 saturated heterocycles. The van der Waals surface area contributed by atoms with Crippen molar-refractivity contribution in [1.82, 2.24) is 4.90 Å². The maximum atomic E-state index is 11.7. The average molecular weight is 232 g/mol. The summed E-state index contributed by atoms with van der Waals surface area (Å²) in [6.45, 7) is 0.194. The molecule has 17 heavy (non-hydrogen) atoms. The summed E-state index contributed by atoms with van der Waals surface area (Å²) in [5, 5.41) is 10.7. The number of likely N-dealkylation sites (N-methyl/N-ethyl adjacent to an activating group) is 1. The first-order chi connectivity index (χ1) is 8.06. The Hall–Kier alpha value is -2.35. The second-order valence-electron chi connectivity index (χ2n) is 3.52. The van der Waals surface area contributed by atoms with Crippen LogP contribution in [0.2, 0.25) is 0 Å². The number of benzene rings is 1. The first kappa shape index (κ1) is 12.7. The van der Waals surface area contributed by atoms with Crippen molar-refractivity contribution in [2.45, 2.75) is 6.42 Å². The van der Waals surface area contributed by atoms with Crippen LogP contribution in [0.15, 0.2) is 24.3 Å². The first-order valence-corrected chi connectivity index (χ1v) is 4.96. The molecule has 0 fully saturated rings. The molecule has 1 rings (SSSR count). The molecule has 0 aromatic heterocycles. The minimum absolute atomic E-state index is 0.0185. The van der Waals surface area contributed by atoms with Gasteiger partial charge in [0.05, 0.1) is 17.9 Å². The van der Waals surface area contributed by atoms with Gasteiger partial charge in [-0.2, -0.15) is 0 Å². The topological polar surface area (TPSA) is 63.5 Å². The number of nitro benzene ring substituents is 1. The predicted molar refractivity (Wildman–Crippen MR) is 63.3 cm³/mol. The van der Waals surface area contributed by atoms with Gasteiger partial charge < -0.3 is 4.90 Å². The zero-order valence-electron chi connectivity index (χ0n) is 9.42. The SMILES string of the molecule is C#CCN(C)C(=O)Cc1ccccc1[N+](=O)[O-]. The zero-order chi connectivity index (χ0) is 12.8. The molecule has 0 spiro atoms. The van der Waals surface area contributed by atoms with E-state index in [-0.39, 0.29) is 24.6 Å². The molecule has 0 aliphatic heterocycles. The van der Waals surface area contributed by atoms with Crippen molar-refractivity contribution in [3.05, 3.63) is 39.9 Å². The van der Waals surface area contributed by atoms with Crippen molar-refractivity contribution in [3.63, 3.8) is 0 Å². The van der Waals surface area contributed by atoms with Crippen molar-refractivity contribution in [1.29, 1.82) is 0 Å². The van der Waals surface area contributed by atoms with E-state index in [0.717, 1.165) is 0 Å². The summed E-state index contributed by atoms with van der Waals surface area (Å²) < 4.78 is 0. The highest BCUT2D eigenvalue weighted by Gasteiger charge is 2.17. The minimum atomic E-state index is -0.496. The molecule has 88 valence electrons. The second-order valence-corrected chi connectivity index (χ2v) is 3.52. The molecule has 1 aromatic rings. The third kappa shape index (κ3) is 3.31. The lowest BCUT2D eigenvalue weighted by molar-refractivity contribution is -0.385. The van der Waals surface area contributed by atoms with Crippen LogP contribution in [0.4, 0.5) is 5.69 Å². The van der Waals surface area contributed by atoms with Gasteiger partial charge in [0.15, 0.2) is 0 Å². The van der Waals surface area contributed by atoms with Crippen LogP contribution >= 0.6 is 0 Å². The van der Waals surface area contributed by atoms with Crippen LogP contribution in [0.25, 0.3) is 0 Å². The molecular formula is C12H12N2O3.